The van der Waals surface area contributed by atoms with E-state index < -0.39 is 0 Å². The first-order valence-corrected chi connectivity index (χ1v) is 4.86. The first-order valence-electron chi connectivity index (χ1n) is 4.48. The Bertz CT molecular complexity index is 488. The van der Waals surface area contributed by atoms with Crippen LogP contribution in [0, 0.1) is 0 Å². The molecule has 3 nitrogen and oxygen atoms in total. The zero-order valence-electron chi connectivity index (χ0n) is 8.14. The lowest BCUT2D eigenvalue weighted by molar-refractivity contribution is 0.101. The number of aromatic nitrogens is 2. The quantitative estimate of drug-likeness (QED) is 0.730. The SMILES string of the molecule is CC(=O)c1ccc(-n2cc(Cl)cn2)cc1. The van der Waals surface area contributed by atoms with Gasteiger partial charge >= 0.3 is 0 Å². The summed E-state index contributed by atoms with van der Waals surface area (Å²) in [5, 5.41) is 4.65. The maximum Gasteiger partial charge on any atom is 0.159 e. The van der Waals surface area contributed by atoms with E-state index in [0.29, 0.717) is 10.6 Å². The van der Waals surface area contributed by atoms with Crippen LogP contribution in [-0.2, 0) is 0 Å². The van der Waals surface area contributed by atoms with Crippen molar-refractivity contribution in [3.63, 3.8) is 0 Å². The number of benzene rings is 1. The second-order valence-corrected chi connectivity index (χ2v) is 3.64. The summed E-state index contributed by atoms with van der Waals surface area (Å²) >= 11 is 5.75. The van der Waals surface area contributed by atoms with Crippen LogP contribution in [0.1, 0.15) is 17.3 Å². The van der Waals surface area contributed by atoms with Crippen LogP contribution in [0.3, 0.4) is 0 Å². The molecule has 0 saturated heterocycles. The van der Waals surface area contributed by atoms with E-state index in [2.05, 4.69) is 5.10 Å². The monoisotopic (exact) mass is 220 g/mol. The highest BCUT2D eigenvalue weighted by molar-refractivity contribution is 6.30. The summed E-state index contributed by atoms with van der Waals surface area (Å²) in [5.41, 5.74) is 1.57. The van der Waals surface area contributed by atoms with Crippen molar-refractivity contribution in [1.82, 2.24) is 9.78 Å². The van der Waals surface area contributed by atoms with Gasteiger partial charge in [-0.2, -0.15) is 5.10 Å². The van der Waals surface area contributed by atoms with Gasteiger partial charge < -0.3 is 0 Å². The molecule has 1 aromatic carbocycles. The van der Waals surface area contributed by atoms with E-state index in [-0.39, 0.29) is 5.78 Å². The van der Waals surface area contributed by atoms with Crippen molar-refractivity contribution in [2.24, 2.45) is 0 Å². The molecule has 0 atom stereocenters. The molecule has 2 aromatic rings. The van der Waals surface area contributed by atoms with E-state index in [4.69, 9.17) is 11.6 Å². The van der Waals surface area contributed by atoms with Crippen LogP contribution < -0.4 is 0 Å². The molecule has 0 aliphatic rings. The number of nitrogens with zero attached hydrogens (tertiary/aromatic N) is 2. The molecule has 76 valence electrons. The van der Waals surface area contributed by atoms with E-state index in [1.807, 2.05) is 12.1 Å². The lowest BCUT2D eigenvalue weighted by Gasteiger charge is -2.01. The van der Waals surface area contributed by atoms with Crippen molar-refractivity contribution in [2.75, 3.05) is 0 Å². The molecule has 0 spiro atoms. The number of halogens is 1. The molecule has 1 aromatic heterocycles. The van der Waals surface area contributed by atoms with Crippen molar-refractivity contribution in [1.29, 1.82) is 0 Å². The first kappa shape index (κ1) is 9.93. The minimum Gasteiger partial charge on any atom is -0.295 e. The smallest absolute Gasteiger partial charge is 0.159 e. The zero-order chi connectivity index (χ0) is 10.8. The molecule has 0 saturated carbocycles. The lowest BCUT2D eigenvalue weighted by Crippen LogP contribution is -1.96. The highest BCUT2D eigenvalue weighted by atomic mass is 35.5. The molecular weight excluding hydrogens is 212 g/mol. The Hall–Kier alpha value is -1.61. The molecule has 2 rings (SSSR count). The normalized spacial score (nSPS) is 10.3. The topological polar surface area (TPSA) is 34.9 Å². The predicted molar refractivity (Wildman–Crippen MR) is 58.6 cm³/mol. The number of ketones is 1. The fraction of sp³-hybridized carbons (Fsp3) is 0.0909. The average molecular weight is 221 g/mol. The Morgan fingerprint density at radius 3 is 2.47 bits per heavy atom. The zero-order valence-corrected chi connectivity index (χ0v) is 8.90. The second-order valence-electron chi connectivity index (χ2n) is 3.21. The third kappa shape index (κ3) is 2.07. The van der Waals surface area contributed by atoms with Crippen LogP contribution in [-0.4, -0.2) is 15.6 Å². The molecule has 0 bridgehead atoms. The van der Waals surface area contributed by atoms with E-state index in [9.17, 15) is 4.79 Å². The van der Waals surface area contributed by atoms with Crippen molar-refractivity contribution in [2.45, 2.75) is 6.92 Å². The fourth-order valence-corrected chi connectivity index (χ4v) is 1.43. The van der Waals surface area contributed by atoms with Crippen molar-refractivity contribution in [3.05, 3.63) is 47.2 Å². The van der Waals surface area contributed by atoms with Crippen LogP contribution >= 0.6 is 11.6 Å². The van der Waals surface area contributed by atoms with Crippen LogP contribution in [0.25, 0.3) is 5.69 Å². The lowest BCUT2D eigenvalue weighted by atomic mass is 10.1. The maximum absolute atomic E-state index is 11.1. The van der Waals surface area contributed by atoms with Crippen molar-refractivity contribution < 1.29 is 4.79 Å². The molecule has 0 fully saturated rings. The van der Waals surface area contributed by atoms with Crippen LogP contribution in [0.4, 0.5) is 0 Å². The van der Waals surface area contributed by atoms with Gasteiger partial charge in [-0.15, -0.1) is 0 Å². The van der Waals surface area contributed by atoms with E-state index in [0.717, 1.165) is 5.69 Å². The third-order valence-corrected chi connectivity index (χ3v) is 2.28. The Morgan fingerprint density at radius 2 is 2.00 bits per heavy atom. The molecule has 15 heavy (non-hydrogen) atoms. The van der Waals surface area contributed by atoms with Gasteiger partial charge in [0.2, 0.25) is 0 Å². The summed E-state index contributed by atoms with van der Waals surface area (Å²) in [5.74, 6) is 0.0556. The van der Waals surface area contributed by atoms with E-state index in [1.54, 1.807) is 36.1 Å². The van der Waals surface area contributed by atoms with Gasteiger partial charge in [0.15, 0.2) is 5.78 Å². The van der Waals surface area contributed by atoms with Crippen LogP contribution in [0.2, 0.25) is 5.02 Å². The summed E-state index contributed by atoms with van der Waals surface area (Å²) in [6.07, 6.45) is 3.28. The summed E-state index contributed by atoms with van der Waals surface area (Å²) in [6, 6.07) is 7.21. The van der Waals surface area contributed by atoms with Crippen LogP contribution in [0.5, 0.6) is 0 Å². The predicted octanol–water partition coefficient (Wildman–Crippen LogP) is 2.73. The van der Waals surface area contributed by atoms with E-state index in [1.165, 1.54) is 0 Å². The summed E-state index contributed by atoms with van der Waals surface area (Å²) < 4.78 is 1.66. The molecule has 1 heterocycles. The molecule has 0 unspecified atom stereocenters. The molecule has 4 heteroatoms. The molecule has 0 aliphatic heterocycles. The van der Waals surface area contributed by atoms with E-state index >= 15 is 0 Å². The van der Waals surface area contributed by atoms with Gasteiger partial charge in [-0.25, -0.2) is 4.68 Å². The van der Waals surface area contributed by atoms with Gasteiger partial charge in [0.05, 0.1) is 16.9 Å². The minimum atomic E-state index is 0.0556. The third-order valence-electron chi connectivity index (χ3n) is 2.09. The van der Waals surface area contributed by atoms with Gasteiger partial charge in [-0.3, -0.25) is 4.79 Å². The average Bonchev–Trinajstić information content (AvgIpc) is 2.65. The molecule has 0 radical (unpaired) electrons. The number of carbonyl (C=O) groups excluding carboxylic acids is 1. The highest BCUT2D eigenvalue weighted by Crippen LogP contribution is 2.12. The van der Waals surface area contributed by atoms with Crippen LogP contribution in [0.15, 0.2) is 36.7 Å². The van der Waals surface area contributed by atoms with Gasteiger partial charge in [0.25, 0.3) is 0 Å². The molecule has 0 N–H and O–H groups in total. The molecular formula is C11H9ClN2O. The Labute approximate surface area is 92.3 Å². The van der Waals surface area contributed by atoms with Gasteiger partial charge in [0.1, 0.15) is 0 Å². The maximum atomic E-state index is 11.1. The van der Waals surface area contributed by atoms with Gasteiger partial charge in [0, 0.05) is 11.8 Å². The second kappa shape index (κ2) is 3.87. The Kier molecular flexibility index (Phi) is 2.56. The Balaban J connectivity index is 2.35. The highest BCUT2D eigenvalue weighted by Gasteiger charge is 2.01. The summed E-state index contributed by atoms with van der Waals surface area (Å²) in [6.45, 7) is 1.54. The number of Topliss-reactive ketones (excluding diaryl/α,β-unsaturated/α-hetero) is 1. The summed E-state index contributed by atoms with van der Waals surface area (Å²) in [7, 11) is 0. The van der Waals surface area contributed by atoms with Crippen molar-refractivity contribution >= 4 is 17.4 Å². The number of hydrogen-bond acceptors (Lipinski definition) is 2. The number of rotatable bonds is 2. The number of carbonyl (C=O) groups is 1. The minimum absolute atomic E-state index is 0.0556. The fourth-order valence-electron chi connectivity index (χ4n) is 1.29. The first-order chi connectivity index (χ1) is 7.16. The number of hydrogen-bond donors (Lipinski definition) is 0. The van der Waals surface area contributed by atoms with Crippen molar-refractivity contribution in [3.8, 4) is 5.69 Å². The Morgan fingerprint density at radius 1 is 1.33 bits per heavy atom. The largest absolute Gasteiger partial charge is 0.295 e. The molecule has 0 aliphatic carbocycles. The summed E-state index contributed by atoms with van der Waals surface area (Å²) in [4.78, 5) is 11.1. The van der Waals surface area contributed by atoms with Gasteiger partial charge in [-0.1, -0.05) is 11.6 Å². The van der Waals surface area contributed by atoms with Gasteiger partial charge in [-0.05, 0) is 31.2 Å². The molecule has 0 amide bonds. The standard InChI is InChI=1S/C11H9ClN2O/c1-8(15)9-2-4-11(5-3-9)14-7-10(12)6-13-14/h2-7H,1H3.